The highest BCUT2D eigenvalue weighted by Crippen LogP contribution is 2.18. The van der Waals surface area contributed by atoms with Crippen LogP contribution in [0.2, 0.25) is 0 Å². The highest BCUT2D eigenvalue weighted by molar-refractivity contribution is 7.90. The summed E-state index contributed by atoms with van der Waals surface area (Å²) in [6.45, 7) is -0.158. The van der Waals surface area contributed by atoms with E-state index in [1.54, 1.807) is 0 Å². The topological polar surface area (TPSA) is 69.4 Å². The molecule has 78 valence electrons. The van der Waals surface area contributed by atoms with E-state index in [1.165, 1.54) is 18.2 Å². The van der Waals surface area contributed by atoms with Crippen molar-refractivity contribution in [3.8, 4) is 0 Å². The third kappa shape index (κ3) is 2.28. The van der Waals surface area contributed by atoms with Crippen LogP contribution in [-0.4, -0.2) is 14.7 Å². The van der Waals surface area contributed by atoms with Gasteiger partial charge in [-0.1, -0.05) is 12.1 Å². The molecule has 0 atom stereocenters. The van der Waals surface area contributed by atoms with Gasteiger partial charge in [0.25, 0.3) is 0 Å². The van der Waals surface area contributed by atoms with Crippen LogP contribution >= 0.6 is 0 Å². The Balaban J connectivity index is 3.28. The van der Waals surface area contributed by atoms with E-state index in [2.05, 4.69) is 4.84 Å². The molecule has 0 saturated heterocycles. The van der Waals surface area contributed by atoms with Gasteiger partial charge >= 0.3 is 0 Å². The summed E-state index contributed by atoms with van der Waals surface area (Å²) in [6.07, 6.45) is 0.943. The van der Waals surface area contributed by atoms with Crippen LogP contribution < -0.4 is 5.90 Å². The van der Waals surface area contributed by atoms with Gasteiger partial charge in [-0.05, 0) is 6.07 Å². The number of hydrogen-bond acceptors (Lipinski definition) is 4. The lowest BCUT2D eigenvalue weighted by Gasteiger charge is -2.05. The molecule has 0 aromatic heterocycles. The van der Waals surface area contributed by atoms with Crippen LogP contribution in [0.15, 0.2) is 23.1 Å². The summed E-state index contributed by atoms with van der Waals surface area (Å²) in [5.74, 6) is 3.97. The standard InChI is InChI=1S/C8H10FNO3S/c1-14(11,12)7-4-2-3-6(5-13-10)8(7)9/h2-4H,5,10H2,1H3. The molecule has 1 aromatic carbocycles. The van der Waals surface area contributed by atoms with Crippen molar-refractivity contribution in [3.63, 3.8) is 0 Å². The summed E-state index contributed by atoms with van der Waals surface area (Å²) in [6, 6.07) is 4.05. The lowest BCUT2D eigenvalue weighted by Crippen LogP contribution is -2.06. The van der Waals surface area contributed by atoms with Crippen LogP contribution in [0.4, 0.5) is 4.39 Å². The zero-order valence-electron chi connectivity index (χ0n) is 7.53. The number of sulfone groups is 1. The summed E-state index contributed by atoms with van der Waals surface area (Å²) in [4.78, 5) is 3.90. The van der Waals surface area contributed by atoms with E-state index < -0.39 is 15.7 Å². The molecule has 0 bridgehead atoms. The van der Waals surface area contributed by atoms with Gasteiger partial charge in [0.05, 0.1) is 6.61 Å². The minimum Gasteiger partial charge on any atom is -0.300 e. The van der Waals surface area contributed by atoms with Gasteiger partial charge in [0.15, 0.2) is 9.84 Å². The van der Waals surface area contributed by atoms with Crippen molar-refractivity contribution in [1.82, 2.24) is 0 Å². The summed E-state index contributed by atoms with van der Waals surface area (Å²) >= 11 is 0. The van der Waals surface area contributed by atoms with E-state index in [-0.39, 0.29) is 17.1 Å². The van der Waals surface area contributed by atoms with Gasteiger partial charge in [-0.3, -0.25) is 4.84 Å². The first kappa shape index (κ1) is 11.1. The summed E-state index contributed by atoms with van der Waals surface area (Å²) < 4.78 is 35.6. The zero-order chi connectivity index (χ0) is 10.8. The van der Waals surface area contributed by atoms with Crippen molar-refractivity contribution in [2.24, 2.45) is 5.90 Å². The molecule has 14 heavy (non-hydrogen) atoms. The molecule has 0 fully saturated rings. The average molecular weight is 219 g/mol. The second kappa shape index (κ2) is 4.04. The lowest BCUT2D eigenvalue weighted by molar-refractivity contribution is 0.121. The number of rotatable bonds is 3. The Bertz CT molecular complexity index is 430. The van der Waals surface area contributed by atoms with Crippen molar-refractivity contribution in [1.29, 1.82) is 0 Å². The first-order valence-corrected chi connectivity index (χ1v) is 5.65. The van der Waals surface area contributed by atoms with Crippen molar-refractivity contribution in [3.05, 3.63) is 29.6 Å². The molecule has 1 rings (SSSR count). The molecule has 2 N–H and O–H groups in total. The fourth-order valence-corrected chi connectivity index (χ4v) is 1.83. The molecule has 0 unspecified atom stereocenters. The Hall–Kier alpha value is -0.980. The maximum Gasteiger partial charge on any atom is 0.178 e. The van der Waals surface area contributed by atoms with Gasteiger partial charge in [0, 0.05) is 11.8 Å². The molecule has 0 amide bonds. The molecule has 4 nitrogen and oxygen atoms in total. The Morgan fingerprint density at radius 2 is 2.14 bits per heavy atom. The molecule has 0 spiro atoms. The van der Waals surface area contributed by atoms with Crippen LogP contribution in [0.5, 0.6) is 0 Å². The smallest absolute Gasteiger partial charge is 0.178 e. The maximum atomic E-state index is 13.4. The third-order valence-electron chi connectivity index (χ3n) is 1.68. The van der Waals surface area contributed by atoms with Gasteiger partial charge in [-0.2, -0.15) is 0 Å². The molecule has 0 saturated carbocycles. The Morgan fingerprint density at radius 1 is 1.50 bits per heavy atom. The van der Waals surface area contributed by atoms with Crippen LogP contribution in [0.3, 0.4) is 0 Å². The average Bonchev–Trinajstić information content (AvgIpc) is 2.07. The molecule has 6 heteroatoms. The number of nitrogens with two attached hydrogens (primary N) is 1. The normalized spacial score (nSPS) is 11.6. The van der Waals surface area contributed by atoms with E-state index in [4.69, 9.17) is 5.90 Å². The monoisotopic (exact) mass is 219 g/mol. The van der Waals surface area contributed by atoms with Crippen molar-refractivity contribution >= 4 is 9.84 Å². The van der Waals surface area contributed by atoms with Gasteiger partial charge in [0.2, 0.25) is 0 Å². The molecule has 1 aromatic rings. The number of hydrogen-bond donors (Lipinski definition) is 1. The zero-order valence-corrected chi connectivity index (χ0v) is 8.34. The quantitative estimate of drug-likeness (QED) is 0.756. The van der Waals surface area contributed by atoms with E-state index in [9.17, 15) is 12.8 Å². The third-order valence-corrected chi connectivity index (χ3v) is 2.80. The first-order valence-electron chi connectivity index (χ1n) is 3.76. The van der Waals surface area contributed by atoms with E-state index >= 15 is 0 Å². The molecular weight excluding hydrogens is 209 g/mol. The Morgan fingerprint density at radius 3 is 2.64 bits per heavy atom. The largest absolute Gasteiger partial charge is 0.300 e. The Kier molecular flexibility index (Phi) is 3.20. The molecule has 0 aliphatic heterocycles. The maximum absolute atomic E-state index is 13.4. The minimum atomic E-state index is -3.55. The van der Waals surface area contributed by atoms with Crippen molar-refractivity contribution in [2.75, 3.05) is 6.26 Å². The minimum absolute atomic E-state index is 0.121. The molecule has 0 aliphatic rings. The highest BCUT2D eigenvalue weighted by Gasteiger charge is 2.16. The fourth-order valence-electron chi connectivity index (χ4n) is 1.04. The van der Waals surface area contributed by atoms with Gasteiger partial charge in [0.1, 0.15) is 10.7 Å². The van der Waals surface area contributed by atoms with Crippen LogP contribution in [0.25, 0.3) is 0 Å². The first-order chi connectivity index (χ1) is 6.46. The predicted octanol–water partition coefficient (Wildman–Crippen LogP) is 0.620. The van der Waals surface area contributed by atoms with Gasteiger partial charge < -0.3 is 0 Å². The second-order valence-electron chi connectivity index (χ2n) is 2.81. The SMILES string of the molecule is CS(=O)(=O)c1cccc(CON)c1F. The number of benzene rings is 1. The van der Waals surface area contributed by atoms with Gasteiger partial charge in [-0.25, -0.2) is 18.7 Å². The Labute approximate surface area is 81.4 Å². The van der Waals surface area contributed by atoms with E-state index in [1.807, 2.05) is 0 Å². The van der Waals surface area contributed by atoms with Crippen molar-refractivity contribution in [2.45, 2.75) is 11.5 Å². The summed E-state index contributed by atoms with van der Waals surface area (Å²) in [5.41, 5.74) is 0.121. The summed E-state index contributed by atoms with van der Waals surface area (Å²) in [7, 11) is -3.55. The molecule has 0 aliphatic carbocycles. The van der Waals surface area contributed by atoms with E-state index in [0.29, 0.717) is 0 Å². The molecular formula is C8H10FNO3S. The molecule has 0 heterocycles. The molecule has 0 radical (unpaired) electrons. The predicted molar refractivity (Wildman–Crippen MR) is 48.5 cm³/mol. The lowest BCUT2D eigenvalue weighted by atomic mass is 10.2. The van der Waals surface area contributed by atoms with Crippen molar-refractivity contribution < 1.29 is 17.6 Å². The van der Waals surface area contributed by atoms with Gasteiger partial charge in [-0.15, -0.1) is 0 Å². The van der Waals surface area contributed by atoms with Crippen LogP contribution in [-0.2, 0) is 21.3 Å². The fraction of sp³-hybridized carbons (Fsp3) is 0.250. The van der Waals surface area contributed by atoms with Crippen LogP contribution in [0.1, 0.15) is 5.56 Å². The second-order valence-corrected chi connectivity index (χ2v) is 4.80. The van der Waals surface area contributed by atoms with E-state index in [0.717, 1.165) is 6.26 Å². The number of halogens is 1. The summed E-state index contributed by atoms with van der Waals surface area (Å²) in [5, 5.41) is 0. The van der Waals surface area contributed by atoms with Crippen LogP contribution in [0, 0.1) is 5.82 Å². The highest BCUT2D eigenvalue weighted by atomic mass is 32.2.